The quantitative estimate of drug-likeness (QED) is 0.640. The molecule has 0 saturated heterocycles. The maximum Gasteiger partial charge on any atom is 0.269 e. The summed E-state index contributed by atoms with van der Waals surface area (Å²) in [6.45, 7) is 2.89. The summed E-state index contributed by atoms with van der Waals surface area (Å²) in [6, 6.07) is 8.75. The first-order valence-electron chi connectivity index (χ1n) is 6.19. The summed E-state index contributed by atoms with van der Waals surface area (Å²) < 4.78 is 5.10. The van der Waals surface area contributed by atoms with Crippen LogP contribution >= 0.6 is 0 Å². The minimum Gasteiger partial charge on any atom is -0.472 e. The molecule has 1 aromatic carbocycles. The zero-order chi connectivity index (χ0) is 13.7. The highest BCUT2D eigenvalue weighted by molar-refractivity contribution is 5.33. The summed E-state index contributed by atoms with van der Waals surface area (Å²) >= 11 is 0. The van der Waals surface area contributed by atoms with E-state index in [1.807, 2.05) is 13.0 Å². The van der Waals surface area contributed by atoms with Crippen molar-refractivity contribution in [3.63, 3.8) is 0 Å². The number of nitrogens with zero attached hydrogens (tertiary/aromatic N) is 1. The van der Waals surface area contributed by atoms with E-state index in [-0.39, 0.29) is 16.7 Å². The van der Waals surface area contributed by atoms with Crippen molar-refractivity contribution in [3.05, 3.63) is 64.1 Å². The standard InChI is InChI=1S/C14H16N2O3/c1-2-15-14(12-7-8-19-10-12)9-11-3-5-13(6-4-11)16(17)18/h3-8,10,14-15H,2,9H2,1H3. The van der Waals surface area contributed by atoms with Crippen LogP contribution in [0.25, 0.3) is 0 Å². The monoisotopic (exact) mass is 260 g/mol. The van der Waals surface area contributed by atoms with Gasteiger partial charge in [0.2, 0.25) is 0 Å². The van der Waals surface area contributed by atoms with Gasteiger partial charge in [-0.1, -0.05) is 19.1 Å². The molecule has 0 aliphatic rings. The second kappa shape index (κ2) is 6.15. The molecule has 0 fully saturated rings. The fourth-order valence-electron chi connectivity index (χ4n) is 2.02. The number of benzene rings is 1. The van der Waals surface area contributed by atoms with E-state index in [1.54, 1.807) is 24.7 Å². The minimum atomic E-state index is -0.387. The average molecular weight is 260 g/mol. The third-order valence-electron chi connectivity index (χ3n) is 2.98. The summed E-state index contributed by atoms with van der Waals surface area (Å²) in [5.41, 5.74) is 2.25. The van der Waals surface area contributed by atoms with Gasteiger partial charge in [-0.3, -0.25) is 10.1 Å². The van der Waals surface area contributed by atoms with Crippen LogP contribution in [0.3, 0.4) is 0 Å². The van der Waals surface area contributed by atoms with Crippen molar-refractivity contribution in [1.82, 2.24) is 5.32 Å². The molecular formula is C14H16N2O3. The molecule has 0 spiro atoms. The van der Waals surface area contributed by atoms with Crippen LogP contribution in [0.2, 0.25) is 0 Å². The molecule has 1 unspecified atom stereocenters. The first-order chi connectivity index (χ1) is 9.20. The van der Waals surface area contributed by atoms with Crippen LogP contribution in [0.1, 0.15) is 24.1 Å². The maximum atomic E-state index is 10.6. The fourth-order valence-corrected chi connectivity index (χ4v) is 2.02. The third-order valence-corrected chi connectivity index (χ3v) is 2.98. The lowest BCUT2D eigenvalue weighted by Gasteiger charge is -2.16. The summed E-state index contributed by atoms with van der Waals surface area (Å²) in [7, 11) is 0. The molecule has 0 saturated carbocycles. The Hall–Kier alpha value is -2.14. The zero-order valence-electron chi connectivity index (χ0n) is 10.7. The van der Waals surface area contributed by atoms with Gasteiger partial charge in [-0.2, -0.15) is 0 Å². The van der Waals surface area contributed by atoms with Gasteiger partial charge in [0.25, 0.3) is 5.69 Å². The Balaban J connectivity index is 2.11. The van der Waals surface area contributed by atoms with E-state index in [0.717, 1.165) is 24.1 Å². The Morgan fingerprint density at radius 2 is 2.05 bits per heavy atom. The van der Waals surface area contributed by atoms with E-state index in [2.05, 4.69) is 5.32 Å². The molecule has 2 rings (SSSR count). The van der Waals surface area contributed by atoms with Crippen molar-refractivity contribution >= 4 is 5.69 Å². The molecule has 100 valence electrons. The molecule has 0 amide bonds. The van der Waals surface area contributed by atoms with Crippen molar-refractivity contribution < 1.29 is 9.34 Å². The van der Waals surface area contributed by atoms with Crippen LogP contribution in [0.4, 0.5) is 5.69 Å². The number of likely N-dealkylation sites (N-methyl/N-ethyl adjacent to an activating group) is 1. The molecule has 0 aliphatic carbocycles. The predicted molar refractivity (Wildman–Crippen MR) is 71.9 cm³/mol. The van der Waals surface area contributed by atoms with Crippen LogP contribution < -0.4 is 5.32 Å². The second-order valence-electron chi connectivity index (χ2n) is 4.29. The minimum absolute atomic E-state index is 0.118. The molecule has 0 aliphatic heterocycles. The van der Waals surface area contributed by atoms with E-state index < -0.39 is 0 Å². The summed E-state index contributed by atoms with van der Waals surface area (Å²) in [4.78, 5) is 10.2. The lowest BCUT2D eigenvalue weighted by molar-refractivity contribution is -0.384. The van der Waals surface area contributed by atoms with Crippen molar-refractivity contribution in [2.75, 3.05) is 6.54 Å². The normalized spacial score (nSPS) is 12.3. The number of nitro benzene ring substituents is 1. The number of hydrogen-bond acceptors (Lipinski definition) is 4. The van der Waals surface area contributed by atoms with Gasteiger partial charge in [-0.05, 0) is 24.6 Å². The zero-order valence-corrected chi connectivity index (χ0v) is 10.7. The van der Waals surface area contributed by atoms with Gasteiger partial charge in [-0.25, -0.2) is 0 Å². The number of furan rings is 1. The smallest absolute Gasteiger partial charge is 0.269 e. The van der Waals surface area contributed by atoms with Crippen LogP contribution in [0.5, 0.6) is 0 Å². The highest BCUT2D eigenvalue weighted by Crippen LogP contribution is 2.20. The Morgan fingerprint density at radius 1 is 1.32 bits per heavy atom. The number of hydrogen-bond donors (Lipinski definition) is 1. The third kappa shape index (κ3) is 3.42. The number of non-ortho nitro benzene ring substituents is 1. The topological polar surface area (TPSA) is 68.3 Å². The molecule has 1 aromatic heterocycles. The van der Waals surface area contributed by atoms with Gasteiger partial charge >= 0.3 is 0 Å². The second-order valence-corrected chi connectivity index (χ2v) is 4.29. The molecular weight excluding hydrogens is 244 g/mol. The van der Waals surface area contributed by atoms with Gasteiger partial charge < -0.3 is 9.73 Å². The van der Waals surface area contributed by atoms with E-state index in [4.69, 9.17) is 4.42 Å². The maximum absolute atomic E-state index is 10.6. The van der Waals surface area contributed by atoms with Gasteiger partial charge in [-0.15, -0.1) is 0 Å². The largest absolute Gasteiger partial charge is 0.472 e. The molecule has 0 radical (unpaired) electrons. The molecule has 19 heavy (non-hydrogen) atoms. The Morgan fingerprint density at radius 3 is 2.58 bits per heavy atom. The number of nitrogens with one attached hydrogen (secondary N) is 1. The lowest BCUT2D eigenvalue weighted by Crippen LogP contribution is -2.22. The highest BCUT2D eigenvalue weighted by atomic mass is 16.6. The van der Waals surface area contributed by atoms with E-state index in [1.165, 1.54) is 12.1 Å². The Kier molecular flexibility index (Phi) is 4.30. The van der Waals surface area contributed by atoms with Crippen LogP contribution in [-0.2, 0) is 6.42 Å². The van der Waals surface area contributed by atoms with Gasteiger partial charge in [0.1, 0.15) is 0 Å². The van der Waals surface area contributed by atoms with Crippen molar-refractivity contribution in [1.29, 1.82) is 0 Å². The Bertz CT molecular complexity index is 520. The summed E-state index contributed by atoms with van der Waals surface area (Å²) in [6.07, 6.45) is 4.14. The van der Waals surface area contributed by atoms with Crippen LogP contribution in [-0.4, -0.2) is 11.5 Å². The molecule has 5 heteroatoms. The van der Waals surface area contributed by atoms with Gasteiger partial charge in [0.15, 0.2) is 0 Å². The van der Waals surface area contributed by atoms with Crippen LogP contribution in [0, 0.1) is 10.1 Å². The number of nitro groups is 1. The molecule has 0 bridgehead atoms. The highest BCUT2D eigenvalue weighted by Gasteiger charge is 2.13. The van der Waals surface area contributed by atoms with Crippen molar-refractivity contribution in [3.8, 4) is 0 Å². The van der Waals surface area contributed by atoms with E-state index in [9.17, 15) is 10.1 Å². The molecule has 5 nitrogen and oxygen atoms in total. The molecule has 1 heterocycles. The molecule has 1 N–H and O–H groups in total. The van der Waals surface area contributed by atoms with Gasteiger partial charge in [0, 0.05) is 23.7 Å². The Labute approximate surface area is 111 Å². The summed E-state index contributed by atoms with van der Waals surface area (Å²) in [5, 5.41) is 14.0. The van der Waals surface area contributed by atoms with Crippen molar-refractivity contribution in [2.45, 2.75) is 19.4 Å². The SMILES string of the molecule is CCNC(Cc1ccc([N+](=O)[O-])cc1)c1ccoc1. The molecule has 2 aromatic rings. The summed E-state index contributed by atoms with van der Waals surface area (Å²) in [5.74, 6) is 0. The van der Waals surface area contributed by atoms with Crippen LogP contribution in [0.15, 0.2) is 47.3 Å². The predicted octanol–water partition coefficient (Wildman–Crippen LogP) is 3.08. The average Bonchev–Trinajstić information content (AvgIpc) is 2.92. The van der Waals surface area contributed by atoms with E-state index >= 15 is 0 Å². The fraction of sp³-hybridized carbons (Fsp3) is 0.286. The van der Waals surface area contributed by atoms with Crippen molar-refractivity contribution in [2.24, 2.45) is 0 Å². The van der Waals surface area contributed by atoms with Gasteiger partial charge in [0.05, 0.1) is 17.4 Å². The van der Waals surface area contributed by atoms with E-state index in [0.29, 0.717) is 0 Å². The first-order valence-corrected chi connectivity index (χ1v) is 6.19. The number of rotatable bonds is 6. The lowest BCUT2D eigenvalue weighted by atomic mass is 10.0. The molecule has 1 atom stereocenters. The first kappa shape index (κ1) is 13.3.